The lowest BCUT2D eigenvalue weighted by atomic mass is 10.2. The number of nitrogens with one attached hydrogen (secondary N) is 1. The van der Waals surface area contributed by atoms with Crippen LogP contribution in [0.4, 0.5) is 0 Å². The van der Waals surface area contributed by atoms with Crippen LogP contribution in [0.15, 0.2) is 71.8 Å². The van der Waals surface area contributed by atoms with Gasteiger partial charge in [0.1, 0.15) is 6.61 Å². The summed E-state index contributed by atoms with van der Waals surface area (Å²) in [6.07, 6.45) is 1.52. The van der Waals surface area contributed by atoms with Gasteiger partial charge in [-0.2, -0.15) is 5.10 Å². The van der Waals surface area contributed by atoms with Crippen LogP contribution in [0.5, 0.6) is 11.5 Å². The standard InChI is InChI=1S/C22H18Cl2N2O3/c1-28-21-11-15(13-25-26-22(27)16-6-4-7-18(23)12-16)9-10-20(21)29-14-17-5-2-3-8-19(17)24/h2-13H,14H2,1H3,(H,26,27)/b25-13+. The average Bonchev–Trinajstić information content (AvgIpc) is 2.73. The second-order valence-corrected chi connectivity index (χ2v) is 6.84. The molecule has 1 amide bonds. The molecule has 148 valence electrons. The topological polar surface area (TPSA) is 59.9 Å². The summed E-state index contributed by atoms with van der Waals surface area (Å²) in [6.45, 7) is 0.319. The van der Waals surface area contributed by atoms with Crippen molar-refractivity contribution >= 4 is 35.3 Å². The lowest BCUT2D eigenvalue weighted by Gasteiger charge is -2.12. The first-order valence-electron chi connectivity index (χ1n) is 8.70. The number of nitrogens with zero attached hydrogens (tertiary/aromatic N) is 1. The predicted octanol–water partition coefficient (Wildman–Crippen LogP) is 5.34. The molecular weight excluding hydrogens is 411 g/mol. The number of carbonyl (C=O) groups excluding carboxylic acids is 1. The maximum atomic E-state index is 12.1. The molecule has 0 heterocycles. The van der Waals surface area contributed by atoms with Gasteiger partial charge in [0.05, 0.1) is 13.3 Å². The molecule has 5 nitrogen and oxygen atoms in total. The van der Waals surface area contributed by atoms with Crippen molar-refractivity contribution in [2.24, 2.45) is 5.10 Å². The van der Waals surface area contributed by atoms with Crippen LogP contribution in [0.25, 0.3) is 0 Å². The fourth-order valence-electron chi connectivity index (χ4n) is 2.51. The number of amides is 1. The van der Waals surface area contributed by atoms with Gasteiger partial charge in [-0.25, -0.2) is 5.43 Å². The fourth-order valence-corrected chi connectivity index (χ4v) is 2.89. The SMILES string of the molecule is COc1cc(/C=N/NC(=O)c2cccc(Cl)c2)ccc1OCc1ccccc1Cl. The number of benzene rings is 3. The fraction of sp³-hybridized carbons (Fsp3) is 0.0909. The number of ether oxygens (including phenoxy) is 2. The first kappa shape index (κ1) is 20.7. The van der Waals surface area contributed by atoms with Gasteiger partial charge in [0.15, 0.2) is 11.5 Å². The van der Waals surface area contributed by atoms with E-state index in [1.165, 1.54) is 6.21 Å². The Morgan fingerprint density at radius 1 is 1.03 bits per heavy atom. The molecule has 3 aromatic carbocycles. The first-order valence-corrected chi connectivity index (χ1v) is 9.45. The monoisotopic (exact) mass is 428 g/mol. The van der Waals surface area contributed by atoms with E-state index in [0.29, 0.717) is 33.7 Å². The number of hydrazone groups is 1. The lowest BCUT2D eigenvalue weighted by Crippen LogP contribution is -2.17. The van der Waals surface area contributed by atoms with Gasteiger partial charge in [-0.05, 0) is 48.0 Å². The molecule has 0 bridgehead atoms. The van der Waals surface area contributed by atoms with Crippen LogP contribution in [0.1, 0.15) is 21.5 Å². The van der Waals surface area contributed by atoms with E-state index in [1.54, 1.807) is 49.6 Å². The van der Waals surface area contributed by atoms with Crippen LogP contribution >= 0.6 is 23.2 Å². The molecule has 0 spiro atoms. The minimum Gasteiger partial charge on any atom is -0.493 e. The second-order valence-electron chi connectivity index (χ2n) is 6.00. The molecule has 0 aliphatic heterocycles. The Balaban J connectivity index is 1.64. The zero-order valence-electron chi connectivity index (χ0n) is 15.6. The van der Waals surface area contributed by atoms with E-state index < -0.39 is 0 Å². The minimum absolute atomic E-state index is 0.319. The van der Waals surface area contributed by atoms with Crippen LogP contribution in [-0.2, 0) is 6.61 Å². The summed E-state index contributed by atoms with van der Waals surface area (Å²) in [5, 5.41) is 5.11. The van der Waals surface area contributed by atoms with E-state index in [9.17, 15) is 4.79 Å². The van der Waals surface area contributed by atoms with E-state index in [4.69, 9.17) is 32.7 Å². The smallest absolute Gasteiger partial charge is 0.271 e. The molecule has 0 atom stereocenters. The molecule has 29 heavy (non-hydrogen) atoms. The molecule has 0 unspecified atom stereocenters. The molecule has 0 aliphatic carbocycles. The molecule has 0 fully saturated rings. The van der Waals surface area contributed by atoms with Crippen LogP contribution in [0.3, 0.4) is 0 Å². The van der Waals surface area contributed by atoms with Gasteiger partial charge in [0.2, 0.25) is 0 Å². The molecule has 3 rings (SSSR count). The number of carbonyl (C=O) groups is 1. The second kappa shape index (κ2) is 9.96. The van der Waals surface area contributed by atoms with Crippen molar-refractivity contribution in [1.82, 2.24) is 5.43 Å². The Morgan fingerprint density at radius 2 is 1.86 bits per heavy atom. The predicted molar refractivity (Wildman–Crippen MR) is 115 cm³/mol. The van der Waals surface area contributed by atoms with Crippen molar-refractivity contribution in [3.8, 4) is 11.5 Å². The molecule has 7 heteroatoms. The summed E-state index contributed by atoms with van der Waals surface area (Å²) >= 11 is 12.0. The highest BCUT2D eigenvalue weighted by Gasteiger charge is 2.08. The third-order valence-corrected chi connectivity index (χ3v) is 4.60. The maximum Gasteiger partial charge on any atom is 0.271 e. The summed E-state index contributed by atoms with van der Waals surface area (Å²) in [4.78, 5) is 12.1. The summed E-state index contributed by atoms with van der Waals surface area (Å²) in [6, 6.07) is 19.5. The zero-order chi connectivity index (χ0) is 20.6. The van der Waals surface area contributed by atoms with Crippen molar-refractivity contribution in [2.45, 2.75) is 6.61 Å². The van der Waals surface area contributed by atoms with Gasteiger partial charge >= 0.3 is 0 Å². The number of rotatable bonds is 7. The van der Waals surface area contributed by atoms with Gasteiger partial charge in [0, 0.05) is 21.2 Å². The van der Waals surface area contributed by atoms with Gasteiger partial charge in [-0.1, -0.05) is 47.5 Å². The van der Waals surface area contributed by atoms with E-state index in [0.717, 1.165) is 11.1 Å². The summed E-state index contributed by atoms with van der Waals surface area (Å²) in [5.74, 6) is 0.769. The quantitative estimate of drug-likeness (QED) is 0.407. The molecule has 0 radical (unpaired) electrons. The molecule has 0 saturated heterocycles. The Bertz CT molecular complexity index is 1040. The van der Waals surface area contributed by atoms with Gasteiger partial charge in [0.25, 0.3) is 5.91 Å². The van der Waals surface area contributed by atoms with Crippen LogP contribution < -0.4 is 14.9 Å². The highest BCUT2D eigenvalue weighted by atomic mass is 35.5. The summed E-state index contributed by atoms with van der Waals surface area (Å²) in [7, 11) is 1.56. The molecule has 1 N–H and O–H groups in total. The van der Waals surface area contributed by atoms with E-state index in [-0.39, 0.29) is 5.91 Å². The number of hydrogen-bond acceptors (Lipinski definition) is 4. The molecule has 0 saturated carbocycles. The number of halogens is 2. The number of hydrogen-bond donors (Lipinski definition) is 1. The Hall–Kier alpha value is -3.02. The van der Waals surface area contributed by atoms with E-state index in [2.05, 4.69) is 10.5 Å². The van der Waals surface area contributed by atoms with Crippen molar-refractivity contribution in [2.75, 3.05) is 7.11 Å². The zero-order valence-corrected chi connectivity index (χ0v) is 17.1. The van der Waals surface area contributed by atoms with Crippen molar-refractivity contribution in [3.63, 3.8) is 0 Å². The van der Waals surface area contributed by atoms with Gasteiger partial charge in [-0.15, -0.1) is 0 Å². The van der Waals surface area contributed by atoms with Gasteiger partial charge < -0.3 is 9.47 Å². The minimum atomic E-state index is -0.351. The normalized spacial score (nSPS) is 10.7. The summed E-state index contributed by atoms with van der Waals surface area (Å²) < 4.78 is 11.2. The van der Waals surface area contributed by atoms with E-state index in [1.807, 2.05) is 24.3 Å². The highest BCUT2D eigenvalue weighted by molar-refractivity contribution is 6.31. The molecular formula is C22H18Cl2N2O3. The van der Waals surface area contributed by atoms with Crippen LogP contribution in [0.2, 0.25) is 10.0 Å². The average molecular weight is 429 g/mol. The van der Waals surface area contributed by atoms with E-state index >= 15 is 0 Å². The lowest BCUT2D eigenvalue weighted by molar-refractivity contribution is 0.0955. The Kier molecular flexibility index (Phi) is 7.11. The van der Waals surface area contributed by atoms with Crippen molar-refractivity contribution in [1.29, 1.82) is 0 Å². The summed E-state index contributed by atoms with van der Waals surface area (Å²) in [5.41, 5.74) is 4.51. The van der Waals surface area contributed by atoms with Crippen molar-refractivity contribution in [3.05, 3.63) is 93.5 Å². The van der Waals surface area contributed by atoms with Crippen LogP contribution in [-0.4, -0.2) is 19.2 Å². The third kappa shape index (κ3) is 5.73. The number of methoxy groups -OCH3 is 1. The van der Waals surface area contributed by atoms with Gasteiger partial charge in [-0.3, -0.25) is 4.79 Å². The Morgan fingerprint density at radius 3 is 2.62 bits per heavy atom. The van der Waals surface area contributed by atoms with Crippen LogP contribution in [0, 0.1) is 0 Å². The Labute approximate surface area is 178 Å². The molecule has 3 aromatic rings. The third-order valence-electron chi connectivity index (χ3n) is 4.00. The first-order chi connectivity index (χ1) is 14.1. The molecule has 0 aromatic heterocycles. The van der Waals surface area contributed by atoms with Crippen molar-refractivity contribution < 1.29 is 14.3 Å². The largest absolute Gasteiger partial charge is 0.493 e. The molecule has 0 aliphatic rings. The highest BCUT2D eigenvalue weighted by Crippen LogP contribution is 2.29. The maximum absolute atomic E-state index is 12.1.